The molecule has 2 saturated heterocycles. The minimum atomic E-state index is 0.242. The monoisotopic (exact) mass is 350 g/mol. The lowest BCUT2D eigenvalue weighted by molar-refractivity contribution is -0.0262. The van der Waals surface area contributed by atoms with Crippen LogP contribution in [0.1, 0.15) is 46.5 Å². The molecule has 0 radical (unpaired) electrons. The molecule has 1 aliphatic carbocycles. The number of guanidine groups is 1. The zero-order valence-corrected chi connectivity index (χ0v) is 16.5. The van der Waals surface area contributed by atoms with E-state index in [2.05, 4.69) is 35.9 Å². The molecular formula is C20H38N4O. The Morgan fingerprint density at radius 2 is 1.88 bits per heavy atom. The van der Waals surface area contributed by atoms with E-state index < -0.39 is 0 Å². The average molecular weight is 351 g/mol. The van der Waals surface area contributed by atoms with E-state index in [0.29, 0.717) is 5.92 Å². The second kappa shape index (κ2) is 9.22. The molecule has 3 atom stereocenters. The Kier molecular flexibility index (Phi) is 7.00. The largest absolute Gasteiger partial charge is 0.374 e. The van der Waals surface area contributed by atoms with Gasteiger partial charge >= 0.3 is 0 Å². The summed E-state index contributed by atoms with van der Waals surface area (Å²) < 4.78 is 5.98. The van der Waals surface area contributed by atoms with Crippen molar-refractivity contribution in [2.24, 2.45) is 22.7 Å². The van der Waals surface area contributed by atoms with Crippen molar-refractivity contribution in [2.45, 2.75) is 52.6 Å². The van der Waals surface area contributed by atoms with Crippen molar-refractivity contribution < 1.29 is 4.74 Å². The third-order valence-corrected chi connectivity index (χ3v) is 5.90. The van der Waals surface area contributed by atoms with Crippen LogP contribution in [0.5, 0.6) is 0 Å². The molecule has 0 aromatic carbocycles. The van der Waals surface area contributed by atoms with Crippen molar-refractivity contribution in [2.75, 3.05) is 52.4 Å². The highest BCUT2D eigenvalue weighted by Crippen LogP contribution is 2.35. The summed E-state index contributed by atoms with van der Waals surface area (Å²) in [5.74, 6) is 3.61. The third kappa shape index (κ3) is 5.33. The molecule has 0 spiro atoms. The van der Waals surface area contributed by atoms with Crippen LogP contribution in [0.3, 0.4) is 0 Å². The van der Waals surface area contributed by atoms with Crippen molar-refractivity contribution in [3.63, 3.8) is 0 Å². The molecule has 5 nitrogen and oxygen atoms in total. The van der Waals surface area contributed by atoms with Gasteiger partial charge in [0.1, 0.15) is 0 Å². The number of nitrogens with one attached hydrogen (secondary N) is 1. The molecule has 2 heterocycles. The summed E-state index contributed by atoms with van der Waals surface area (Å²) in [6.07, 6.45) is 5.91. The van der Waals surface area contributed by atoms with Gasteiger partial charge in [-0.3, -0.25) is 9.89 Å². The van der Waals surface area contributed by atoms with Crippen molar-refractivity contribution in [3.05, 3.63) is 0 Å². The standard InChI is InChI=1S/C20H38N4O/c1-4-21-20(24-13-17-7-5-6-8-18(17)14-24)22-11-19-15-23(9-10-25-19)12-16(2)3/h16-19H,4-15H2,1-3H3,(H,21,22). The lowest BCUT2D eigenvalue weighted by Crippen LogP contribution is -2.46. The Morgan fingerprint density at radius 3 is 2.52 bits per heavy atom. The zero-order chi connectivity index (χ0) is 17.6. The predicted octanol–water partition coefficient (Wildman–Crippen LogP) is 2.43. The van der Waals surface area contributed by atoms with Crippen LogP contribution < -0.4 is 5.32 Å². The quantitative estimate of drug-likeness (QED) is 0.611. The van der Waals surface area contributed by atoms with Gasteiger partial charge < -0.3 is 15.0 Å². The third-order valence-electron chi connectivity index (χ3n) is 5.90. The van der Waals surface area contributed by atoms with Gasteiger partial charge in [0.15, 0.2) is 5.96 Å². The smallest absolute Gasteiger partial charge is 0.194 e. The van der Waals surface area contributed by atoms with Crippen molar-refractivity contribution in [1.29, 1.82) is 0 Å². The number of likely N-dealkylation sites (tertiary alicyclic amines) is 1. The Balaban J connectivity index is 1.55. The summed E-state index contributed by atoms with van der Waals surface area (Å²) in [7, 11) is 0. The lowest BCUT2D eigenvalue weighted by Gasteiger charge is -2.33. The highest BCUT2D eigenvalue weighted by Gasteiger charge is 2.35. The topological polar surface area (TPSA) is 40.1 Å². The number of morpholine rings is 1. The molecule has 2 aliphatic heterocycles. The van der Waals surface area contributed by atoms with Gasteiger partial charge in [-0.15, -0.1) is 0 Å². The molecule has 1 saturated carbocycles. The second-order valence-corrected chi connectivity index (χ2v) is 8.55. The van der Waals surface area contributed by atoms with E-state index in [-0.39, 0.29) is 6.10 Å². The highest BCUT2D eigenvalue weighted by molar-refractivity contribution is 5.80. The SMILES string of the molecule is CCNC(=NCC1CN(CC(C)C)CCO1)N1CC2CCCCC2C1. The van der Waals surface area contributed by atoms with Crippen molar-refractivity contribution in [1.82, 2.24) is 15.1 Å². The van der Waals surface area contributed by atoms with E-state index in [0.717, 1.165) is 50.6 Å². The van der Waals surface area contributed by atoms with Crippen LogP contribution in [0, 0.1) is 17.8 Å². The molecule has 5 heteroatoms. The number of fused-ring (bicyclic) bond motifs is 1. The first-order valence-electron chi connectivity index (χ1n) is 10.5. The fourth-order valence-electron chi connectivity index (χ4n) is 4.77. The maximum Gasteiger partial charge on any atom is 0.194 e. The number of rotatable bonds is 5. The zero-order valence-electron chi connectivity index (χ0n) is 16.5. The van der Waals surface area contributed by atoms with Gasteiger partial charge in [-0.2, -0.15) is 0 Å². The number of nitrogens with zero attached hydrogens (tertiary/aromatic N) is 3. The van der Waals surface area contributed by atoms with Crippen LogP contribution in [0.2, 0.25) is 0 Å². The molecule has 144 valence electrons. The van der Waals surface area contributed by atoms with Crippen LogP contribution in [-0.2, 0) is 4.74 Å². The molecular weight excluding hydrogens is 312 g/mol. The highest BCUT2D eigenvalue weighted by atomic mass is 16.5. The van der Waals surface area contributed by atoms with Crippen LogP contribution in [0.15, 0.2) is 4.99 Å². The predicted molar refractivity (Wildman–Crippen MR) is 104 cm³/mol. The number of ether oxygens (including phenoxy) is 1. The minimum Gasteiger partial charge on any atom is -0.374 e. The first-order chi connectivity index (χ1) is 12.2. The van der Waals surface area contributed by atoms with Gasteiger partial charge in [0.2, 0.25) is 0 Å². The van der Waals surface area contributed by atoms with Gasteiger partial charge in [0.05, 0.1) is 19.3 Å². The van der Waals surface area contributed by atoms with E-state index in [1.165, 1.54) is 45.3 Å². The first kappa shape index (κ1) is 19.0. The molecule has 0 aromatic heterocycles. The van der Waals surface area contributed by atoms with Crippen LogP contribution in [0.4, 0.5) is 0 Å². The summed E-state index contributed by atoms with van der Waals surface area (Å²) in [4.78, 5) is 10.0. The molecule has 0 amide bonds. The Hall–Kier alpha value is -0.810. The fraction of sp³-hybridized carbons (Fsp3) is 0.950. The maximum atomic E-state index is 5.98. The van der Waals surface area contributed by atoms with E-state index in [1.807, 2.05) is 0 Å². The van der Waals surface area contributed by atoms with Gasteiger partial charge in [-0.25, -0.2) is 0 Å². The lowest BCUT2D eigenvalue weighted by atomic mass is 9.82. The van der Waals surface area contributed by atoms with E-state index >= 15 is 0 Å². The first-order valence-corrected chi connectivity index (χ1v) is 10.5. The van der Waals surface area contributed by atoms with Crippen LogP contribution in [-0.4, -0.2) is 74.3 Å². The summed E-state index contributed by atoms with van der Waals surface area (Å²) in [6.45, 7) is 15.0. The minimum absolute atomic E-state index is 0.242. The maximum absolute atomic E-state index is 5.98. The molecule has 3 aliphatic rings. The van der Waals surface area contributed by atoms with E-state index in [9.17, 15) is 0 Å². The number of hydrogen-bond acceptors (Lipinski definition) is 3. The summed E-state index contributed by atoms with van der Waals surface area (Å²) in [5.41, 5.74) is 0. The number of hydrogen-bond donors (Lipinski definition) is 1. The summed E-state index contributed by atoms with van der Waals surface area (Å²) >= 11 is 0. The normalized spacial score (nSPS) is 31.4. The Labute approximate surface area is 154 Å². The van der Waals surface area contributed by atoms with Crippen molar-refractivity contribution in [3.8, 4) is 0 Å². The molecule has 3 unspecified atom stereocenters. The molecule has 0 aromatic rings. The average Bonchev–Trinajstić information content (AvgIpc) is 3.02. The van der Waals surface area contributed by atoms with E-state index in [1.54, 1.807) is 0 Å². The van der Waals surface area contributed by atoms with Crippen LogP contribution in [0.25, 0.3) is 0 Å². The van der Waals surface area contributed by atoms with Gasteiger partial charge in [-0.05, 0) is 37.5 Å². The molecule has 1 N–H and O–H groups in total. The summed E-state index contributed by atoms with van der Waals surface area (Å²) in [5, 5.41) is 3.52. The number of aliphatic imine (C=N–C) groups is 1. The van der Waals surface area contributed by atoms with Crippen LogP contribution >= 0.6 is 0 Å². The summed E-state index contributed by atoms with van der Waals surface area (Å²) in [6, 6.07) is 0. The molecule has 0 bridgehead atoms. The Morgan fingerprint density at radius 1 is 1.16 bits per heavy atom. The van der Waals surface area contributed by atoms with Gasteiger partial charge in [0, 0.05) is 39.3 Å². The van der Waals surface area contributed by atoms with Gasteiger partial charge in [-0.1, -0.05) is 26.7 Å². The second-order valence-electron chi connectivity index (χ2n) is 8.55. The fourth-order valence-corrected chi connectivity index (χ4v) is 4.77. The van der Waals surface area contributed by atoms with Gasteiger partial charge in [0.25, 0.3) is 0 Å². The Bertz CT molecular complexity index is 425. The van der Waals surface area contributed by atoms with Crippen molar-refractivity contribution >= 4 is 5.96 Å². The molecule has 3 fully saturated rings. The molecule has 3 rings (SSSR count). The molecule has 25 heavy (non-hydrogen) atoms. The van der Waals surface area contributed by atoms with E-state index in [4.69, 9.17) is 9.73 Å².